The summed E-state index contributed by atoms with van der Waals surface area (Å²) in [4.78, 5) is 19.6. The number of hydrogen-bond donors (Lipinski definition) is 1. The Morgan fingerprint density at radius 3 is 2.51 bits per heavy atom. The Morgan fingerprint density at radius 1 is 0.946 bits per heavy atom. The van der Waals surface area contributed by atoms with Crippen molar-refractivity contribution in [3.8, 4) is 22.8 Å². The van der Waals surface area contributed by atoms with E-state index in [0.717, 1.165) is 67.3 Å². The van der Waals surface area contributed by atoms with Crippen molar-refractivity contribution in [1.29, 1.82) is 0 Å². The fourth-order valence-corrected chi connectivity index (χ4v) is 5.43. The first-order chi connectivity index (χ1) is 18.1. The number of H-pyrrole nitrogens is 1. The number of rotatable bonds is 5. The van der Waals surface area contributed by atoms with Crippen molar-refractivity contribution < 1.29 is 9.47 Å². The van der Waals surface area contributed by atoms with Crippen LogP contribution in [0.15, 0.2) is 48.8 Å². The number of nitrogens with zero attached hydrogens (tertiary/aromatic N) is 6. The summed E-state index contributed by atoms with van der Waals surface area (Å²) in [6.07, 6.45) is 6.00. The fraction of sp³-hybridized carbons (Fsp3) is 0.333. The Kier molecular flexibility index (Phi) is 5.57. The van der Waals surface area contributed by atoms with E-state index in [1.807, 2.05) is 55.7 Å². The van der Waals surface area contributed by atoms with E-state index in [1.54, 1.807) is 0 Å². The molecule has 2 saturated heterocycles. The molecule has 9 nitrogen and oxygen atoms in total. The zero-order valence-corrected chi connectivity index (χ0v) is 21.1. The largest absolute Gasteiger partial charge is 0.457 e. The summed E-state index contributed by atoms with van der Waals surface area (Å²) in [5, 5.41) is 5.02. The van der Waals surface area contributed by atoms with Crippen LogP contribution in [0.25, 0.3) is 33.3 Å². The number of ether oxygens (including phenoxy) is 2. The van der Waals surface area contributed by atoms with Crippen LogP contribution in [0, 0.1) is 6.92 Å². The molecule has 0 radical (unpaired) electrons. The molecule has 2 fully saturated rings. The van der Waals surface area contributed by atoms with Crippen molar-refractivity contribution in [3.63, 3.8) is 0 Å². The SMILES string of the molecule is Cc1nc2ccc(Oc3ccc4nc(Cl)c(-c5cnn(C6CCN(C7COC7)CC6)c5)nc4c3)cc2[nH]1. The third kappa shape index (κ3) is 4.33. The summed E-state index contributed by atoms with van der Waals surface area (Å²) in [5.41, 5.74) is 4.74. The van der Waals surface area contributed by atoms with Crippen LogP contribution in [0.3, 0.4) is 0 Å². The molecule has 0 aliphatic carbocycles. The molecule has 188 valence electrons. The monoisotopic (exact) mass is 515 g/mol. The summed E-state index contributed by atoms with van der Waals surface area (Å²) >= 11 is 6.57. The summed E-state index contributed by atoms with van der Waals surface area (Å²) in [6.45, 7) is 5.80. The van der Waals surface area contributed by atoms with Gasteiger partial charge in [-0.1, -0.05) is 11.6 Å². The van der Waals surface area contributed by atoms with Gasteiger partial charge in [-0.15, -0.1) is 0 Å². The van der Waals surface area contributed by atoms with E-state index in [9.17, 15) is 0 Å². The van der Waals surface area contributed by atoms with Gasteiger partial charge in [0, 0.05) is 37.0 Å². The second-order valence-electron chi connectivity index (χ2n) is 9.78. The molecular weight excluding hydrogens is 490 g/mol. The average Bonchev–Trinajstić information content (AvgIpc) is 3.49. The highest BCUT2D eigenvalue weighted by atomic mass is 35.5. The Balaban J connectivity index is 1.12. The van der Waals surface area contributed by atoms with E-state index in [2.05, 4.69) is 29.6 Å². The molecule has 0 saturated carbocycles. The van der Waals surface area contributed by atoms with Crippen LogP contribution in [0.5, 0.6) is 11.5 Å². The molecule has 0 amide bonds. The van der Waals surface area contributed by atoms with E-state index < -0.39 is 0 Å². The zero-order chi connectivity index (χ0) is 24.9. The number of aromatic amines is 1. The summed E-state index contributed by atoms with van der Waals surface area (Å²) in [5.74, 6) is 2.26. The number of fused-ring (bicyclic) bond motifs is 2. The van der Waals surface area contributed by atoms with Crippen molar-refractivity contribution in [2.75, 3.05) is 26.3 Å². The minimum absolute atomic E-state index is 0.362. The number of benzene rings is 2. The number of aryl methyl sites for hydroxylation is 1. The van der Waals surface area contributed by atoms with Crippen LogP contribution in [-0.4, -0.2) is 67.0 Å². The number of nitrogens with one attached hydrogen (secondary N) is 1. The van der Waals surface area contributed by atoms with Gasteiger partial charge in [0.1, 0.15) is 23.0 Å². The Bertz CT molecular complexity index is 1600. The maximum atomic E-state index is 6.57. The van der Waals surface area contributed by atoms with Crippen LogP contribution < -0.4 is 4.74 Å². The van der Waals surface area contributed by atoms with Crippen LogP contribution in [-0.2, 0) is 4.74 Å². The van der Waals surface area contributed by atoms with Gasteiger partial charge in [-0.2, -0.15) is 5.10 Å². The molecule has 7 rings (SSSR count). The van der Waals surface area contributed by atoms with Gasteiger partial charge in [0.15, 0.2) is 5.15 Å². The van der Waals surface area contributed by atoms with Crippen molar-refractivity contribution in [1.82, 2.24) is 34.6 Å². The number of aromatic nitrogens is 6. The standard InChI is InChI=1S/C27H26ClN7O2/c1-16-30-22-4-2-20(10-24(22)31-16)37-21-3-5-23-25(11-21)32-26(27(28)33-23)17-12-29-35(13-17)18-6-8-34(9-7-18)19-14-36-15-19/h2-5,10-13,18-19H,6-9,14-15H2,1H3,(H,30,31). The molecule has 2 aliphatic rings. The number of hydrogen-bond acceptors (Lipinski definition) is 7. The summed E-state index contributed by atoms with van der Waals surface area (Å²) in [6, 6.07) is 12.4. The third-order valence-corrected chi connectivity index (χ3v) is 7.55. The first kappa shape index (κ1) is 22.7. The first-order valence-electron chi connectivity index (χ1n) is 12.6. The van der Waals surface area contributed by atoms with E-state index in [0.29, 0.717) is 39.7 Å². The lowest BCUT2D eigenvalue weighted by Crippen LogP contribution is -2.51. The predicted molar refractivity (Wildman–Crippen MR) is 141 cm³/mol. The van der Waals surface area contributed by atoms with Crippen LogP contribution in [0.1, 0.15) is 24.7 Å². The van der Waals surface area contributed by atoms with E-state index in [1.165, 1.54) is 0 Å². The van der Waals surface area contributed by atoms with Crippen LogP contribution in [0.4, 0.5) is 0 Å². The van der Waals surface area contributed by atoms with E-state index in [-0.39, 0.29) is 0 Å². The highest BCUT2D eigenvalue weighted by Gasteiger charge is 2.30. The third-order valence-electron chi connectivity index (χ3n) is 7.29. The Morgan fingerprint density at radius 2 is 1.73 bits per heavy atom. The van der Waals surface area contributed by atoms with E-state index >= 15 is 0 Å². The Hall–Kier alpha value is -3.53. The number of likely N-dealkylation sites (tertiary alicyclic amines) is 1. The smallest absolute Gasteiger partial charge is 0.156 e. The molecule has 3 aromatic heterocycles. The number of halogens is 1. The highest BCUT2D eigenvalue weighted by molar-refractivity contribution is 6.32. The minimum atomic E-state index is 0.362. The van der Waals surface area contributed by atoms with Crippen molar-refractivity contribution >= 4 is 33.7 Å². The maximum Gasteiger partial charge on any atom is 0.156 e. The molecule has 5 heterocycles. The van der Waals surface area contributed by atoms with Gasteiger partial charge < -0.3 is 14.5 Å². The molecule has 1 N–H and O–H groups in total. The lowest BCUT2D eigenvalue weighted by atomic mass is 10.0. The highest BCUT2D eigenvalue weighted by Crippen LogP contribution is 2.32. The number of piperidine rings is 1. The van der Waals surface area contributed by atoms with Crippen molar-refractivity contribution in [2.24, 2.45) is 0 Å². The summed E-state index contributed by atoms with van der Waals surface area (Å²) in [7, 11) is 0. The lowest BCUT2D eigenvalue weighted by molar-refractivity contribution is -0.0734. The molecular formula is C27H26ClN7O2. The maximum absolute atomic E-state index is 6.57. The molecule has 0 bridgehead atoms. The van der Waals surface area contributed by atoms with Gasteiger partial charge >= 0.3 is 0 Å². The second kappa shape index (κ2) is 9.09. The molecule has 10 heteroatoms. The van der Waals surface area contributed by atoms with Crippen LogP contribution >= 0.6 is 11.6 Å². The van der Waals surface area contributed by atoms with Gasteiger partial charge in [0.25, 0.3) is 0 Å². The fourth-order valence-electron chi connectivity index (χ4n) is 5.19. The average molecular weight is 516 g/mol. The van der Waals surface area contributed by atoms with Crippen molar-refractivity contribution in [3.05, 3.63) is 59.8 Å². The molecule has 2 aliphatic heterocycles. The molecule has 5 aromatic rings. The molecule has 37 heavy (non-hydrogen) atoms. The quantitative estimate of drug-likeness (QED) is 0.345. The van der Waals surface area contributed by atoms with Crippen molar-refractivity contribution in [2.45, 2.75) is 31.8 Å². The molecule has 0 atom stereocenters. The predicted octanol–water partition coefficient (Wildman–Crippen LogP) is 5.16. The van der Waals surface area contributed by atoms with Gasteiger partial charge in [0.05, 0.1) is 53.6 Å². The van der Waals surface area contributed by atoms with Gasteiger partial charge in [0.2, 0.25) is 0 Å². The lowest BCUT2D eigenvalue weighted by Gasteiger charge is -2.41. The topological polar surface area (TPSA) is 94.0 Å². The first-order valence-corrected chi connectivity index (χ1v) is 12.9. The molecule has 2 aromatic carbocycles. The normalized spacial score (nSPS) is 17.5. The van der Waals surface area contributed by atoms with Gasteiger partial charge in [-0.25, -0.2) is 15.0 Å². The minimum Gasteiger partial charge on any atom is -0.457 e. The van der Waals surface area contributed by atoms with Gasteiger partial charge in [-0.05, 0) is 44.0 Å². The van der Waals surface area contributed by atoms with E-state index in [4.69, 9.17) is 26.1 Å². The second-order valence-corrected chi connectivity index (χ2v) is 10.1. The summed E-state index contributed by atoms with van der Waals surface area (Å²) < 4.78 is 13.5. The number of imidazole rings is 1. The molecule has 0 spiro atoms. The zero-order valence-electron chi connectivity index (χ0n) is 20.4. The Labute approximate surface area is 218 Å². The van der Waals surface area contributed by atoms with Gasteiger partial charge in [-0.3, -0.25) is 9.58 Å². The molecule has 0 unspecified atom stereocenters. The van der Waals surface area contributed by atoms with Crippen LogP contribution in [0.2, 0.25) is 5.15 Å².